The molecule has 1 aromatic carbocycles. The largest absolute Gasteiger partial charge is 0.504 e. The van der Waals surface area contributed by atoms with Crippen molar-refractivity contribution in [2.75, 3.05) is 7.11 Å². The second kappa shape index (κ2) is 6.69. The van der Waals surface area contributed by atoms with Gasteiger partial charge < -0.3 is 14.9 Å². The van der Waals surface area contributed by atoms with Crippen molar-refractivity contribution in [3.63, 3.8) is 0 Å². The Balaban J connectivity index is 3.18. The smallest absolute Gasteiger partial charge is 0.328 e. The molecule has 18 heavy (non-hydrogen) atoms. The highest BCUT2D eigenvalue weighted by molar-refractivity contribution is 5.86. The van der Waals surface area contributed by atoms with Crippen molar-refractivity contribution in [2.45, 2.75) is 26.2 Å². The molecular weight excluding hydrogens is 232 g/mol. The van der Waals surface area contributed by atoms with E-state index in [1.165, 1.54) is 19.3 Å². The Hall–Kier alpha value is -1.97. The summed E-state index contributed by atoms with van der Waals surface area (Å²) >= 11 is 0. The zero-order valence-corrected chi connectivity index (χ0v) is 10.6. The highest BCUT2D eigenvalue weighted by Gasteiger charge is 2.12. The van der Waals surface area contributed by atoms with Crippen LogP contribution in [0, 0.1) is 0 Å². The predicted molar refractivity (Wildman–Crippen MR) is 69.9 cm³/mol. The monoisotopic (exact) mass is 250 g/mol. The van der Waals surface area contributed by atoms with Gasteiger partial charge in [-0.2, -0.15) is 0 Å². The van der Waals surface area contributed by atoms with Crippen LogP contribution in [-0.2, 0) is 11.2 Å². The number of methoxy groups -OCH3 is 1. The molecule has 0 aromatic heterocycles. The number of unbranched alkanes of at least 4 members (excludes halogenated alkanes) is 1. The highest BCUT2D eigenvalue weighted by Crippen LogP contribution is 2.34. The van der Waals surface area contributed by atoms with Crippen LogP contribution >= 0.6 is 0 Å². The van der Waals surface area contributed by atoms with Gasteiger partial charge in [0, 0.05) is 11.6 Å². The zero-order valence-electron chi connectivity index (χ0n) is 10.6. The molecule has 98 valence electrons. The van der Waals surface area contributed by atoms with Crippen LogP contribution < -0.4 is 4.74 Å². The number of phenolic OH excluding ortho intramolecular Hbond substituents is 1. The topological polar surface area (TPSA) is 66.8 Å². The standard InChI is InChI=1S/C14H18O4/c1-3-4-5-11-10(7-9-13(16)17)6-8-12(15)14(11)18-2/h6-9,15H,3-5H2,1-2H3,(H,16,17). The van der Waals surface area contributed by atoms with Crippen LogP contribution in [0.2, 0.25) is 0 Å². The molecule has 4 heteroatoms. The maximum Gasteiger partial charge on any atom is 0.328 e. The lowest BCUT2D eigenvalue weighted by atomic mass is 9.99. The van der Waals surface area contributed by atoms with E-state index in [9.17, 15) is 9.90 Å². The molecule has 0 spiro atoms. The quantitative estimate of drug-likeness (QED) is 0.762. The van der Waals surface area contributed by atoms with Gasteiger partial charge in [-0.15, -0.1) is 0 Å². The molecule has 0 fully saturated rings. The van der Waals surface area contributed by atoms with E-state index in [2.05, 4.69) is 6.92 Å². The number of rotatable bonds is 6. The zero-order chi connectivity index (χ0) is 13.5. The van der Waals surface area contributed by atoms with Gasteiger partial charge >= 0.3 is 5.97 Å². The molecule has 0 heterocycles. The molecular formula is C14H18O4. The fourth-order valence-corrected chi connectivity index (χ4v) is 1.79. The first-order valence-corrected chi connectivity index (χ1v) is 5.90. The van der Waals surface area contributed by atoms with Gasteiger partial charge in [-0.25, -0.2) is 4.79 Å². The van der Waals surface area contributed by atoms with Crippen molar-refractivity contribution in [2.24, 2.45) is 0 Å². The molecule has 0 aliphatic carbocycles. The van der Waals surface area contributed by atoms with Crippen molar-refractivity contribution in [1.82, 2.24) is 0 Å². The number of carboxylic acids is 1. The summed E-state index contributed by atoms with van der Waals surface area (Å²) in [6, 6.07) is 3.21. The lowest BCUT2D eigenvalue weighted by Gasteiger charge is -2.13. The maximum absolute atomic E-state index is 10.6. The average molecular weight is 250 g/mol. The highest BCUT2D eigenvalue weighted by atomic mass is 16.5. The molecule has 0 radical (unpaired) electrons. The third-order valence-corrected chi connectivity index (χ3v) is 2.67. The SMILES string of the molecule is CCCCc1c(C=CC(=O)O)ccc(O)c1OC. The normalized spacial score (nSPS) is 10.8. The van der Waals surface area contributed by atoms with E-state index in [-0.39, 0.29) is 5.75 Å². The molecule has 0 atom stereocenters. The van der Waals surface area contributed by atoms with E-state index in [1.54, 1.807) is 6.07 Å². The van der Waals surface area contributed by atoms with E-state index in [0.29, 0.717) is 5.75 Å². The Kier molecular flexibility index (Phi) is 5.24. The molecule has 2 N–H and O–H groups in total. The van der Waals surface area contributed by atoms with Crippen LogP contribution in [0.25, 0.3) is 6.08 Å². The predicted octanol–water partition coefficient (Wildman–Crippen LogP) is 2.84. The van der Waals surface area contributed by atoms with Crippen molar-refractivity contribution in [3.8, 4) is 11.5 Å². The first kappa shape index (κ1) is 14.1. The second-order valence-corrected chi connectivity index (χ2v) is 3.96. The van der Waals surface area contributed by atoms with Gasteiger partial charge in [0.15, 0.2) is 11.5 Å². The Morgan fingerprint density at radius 2 is 2.17 bits per heavy atom. The average Bonchev–Trinajstić information content (AvgIpc) is 2.34. The minimum absolute atomic E-state index is 0.0797. The van der Waals surface area contributed by atoms with E-state index in [0.717, 1.165) is 36.5 Å². The van der Waals surface area contributed by atoms with Crippen LogP contribution in [0.3, 0.4) is 0 Å². The number of phenols is 1. The van der Waals surface area contributed by atoms with E-state index in [4.69, 9.17) is 9.84 Å². The van der Waals surface area contributed by atoms with E-state index < -0.39 is 5.97 Å². The fourth-order valence-electron chi connectivity index (χ4n) is 1.79. The summed E-state index contributed by atoms with van der Waals surface area (Å²) in [5.41, 5.74) is 1.61. The molecule has 1 aromatic rings. The molecule has 1 rings (SSSR count). The lowest BCUT2D eigenvalue weighted by Crippen LogP contribution is -1.97. The van der Waals surface area contributed by atoms with Crippen molar-refractivity contribution >= 4 is 12.0 Å². The van der Waals surface area contributed by atoms with Gasteiger partial charge in [0.1, 0.15) is 0 Å². The summed E-state index contributed by atoms with van der Waals surface area (Å²) in [4.78, 5) is 10.6. The number of ether oxygens (including phenoxy) is 1. The first-order chi connectivity index (χ1) is 8.60. The molecule has 4 nitrogen and oxygen atoms in total. The number of benzene rings is 1. The number of carbonyl (C=O) groups is 1. The van der Waals surface area contributed by atoms with Crippen LogP contribution in [0.1, 0.15) is 30.9 Å². The number of carboxylic acid groups (broad SMARTS) is 1. The van der Waals surface area contributed by atoms with Gasteiger partial charge in [0.05, 0.1) is 7.11 Å². The van der Waals surface area contributed by atoms with Crippen LogP contribution in [-0.4, -0.2) is 23.3 Å². The maximum atomic E-state index is 10.6. The summed E-state index contributed by atoms with van der Waals surface area (Å²) in [7, 11) is 1.50. The van der Waals surface area contributed by atoms with Crippen LogP contribution in [0.5, 0.6) is 11.5 Å². The summed E-state index contributed by atoms with van der Waals surface area (Å²) in [5.74, 6) is -0.490. The van der Waals surface area contributed by atoms with Crippen molar-refractivity contribution in [3.05, 3.63) is 29.3 Å². The number of hydrogen-bond acceptors (Lipinski definition) is 3. The van der Waals surface area contributed by atoms with E-state index >= 15 is 0 Å². The summed E-state index contributed by atoms with van der Waals surface area (Å²) in [5, 5.41) is 18.4. The molecule has 0 unspecified atom stereocenters. The second-order valence-electron chi connectivity index (χ2n) is 3.96. The minimum Gasteiger partial charge on any atom is -0.504 e. The van der Waals surface area contributed by atoms with Gasteiger partial charge in [0.25, 0.3) is 0 Å². The Morgan fingerprint density at radius 3 is 2.72 bits per heavy atom. The molecule has 0 saturated carbocycles. The fraction of sp³-hybridized carbons (Fsp3) is 0.357. The molecule has 0 saturated heterocycles. The van der Waals surface area contributed by atoms with Gasteiger partial charge in [-0.05, 0) is 30.5 Å². The third-order valence-electron chi connectivity index (χ3n) is 2.67. The lowest BCUT2D eigenvalue weighted by molar-refractivity contribution is -0.131. The molecule has 0 aliphatic heterocycles. The van der Waals surface area contributed by atoms with Gasteiger partial charge in [-0.1, -0.05) is 19.4 Å². The molecule has 0 amide bonds. The first-order valence-electron chi connectivity index (χ1n) is 5.90. The summed E-state index contributed by atoms with van der Waals surface area (Å²) in [6.07, 6.45) is 5.32. The molecule has 0 bridgehead atoms. The minimum atomic E-state index is -0.997. The van der Waals surface area contributed by atoms with Gasteiger partial charge in [0.2, 0.25) is 0 Å². The Morgan fingerprint density at radius 1 is 1.44 bits per heavy atom. The molecule has 0 aliphatic rings. The summed E-state index contributed by atoms with van der Waals surface area (Å²) < 4.78 is 5.19. The number of hydrogen-bond donors (Lipinski definition) is 2. The Labute approximate surface area is 107 Å². The van der Waals surface area contributed by atoms with Crippen molar-refractivity contribution in [1.29, 1.82) is 0 Å². The van der Waals surface area contributed by atoms with Crippen LogP contribution in [0.4, 0.5) is 0 Å². The van der Waals surface area contributed by atoms with Gasteiger partial charge in [-0.3, -0.25) is 0 Å². The number of aliphatic carboxylic acids is 1. The third kappa shape index (κ3) is 3.52. The van der Waals surface area contributed by atoms with Crippen LogP contribution in [0.15, 0.2) is 18.2 Å². The Bertz CT molecular complexity index is 449. The van der Waals surface area contributed by atoms with E-state index in [1.807, 2.05) is 0 Å². The summed E-state index contributed by atoms with van der Waals surface area (Å²) in [6.45, 7) is 2.07. The number of aromatic hydroxyl groups is 1. The van der Waals surface area contributed by atoms with Crippen molar-refractivity contribution < 1.29 is 19.7 Å².